The van der Waals surface area contributed by atoms with E-state index < -0.39 is 0 Å². The molecule has 3 N–H and O–H groups in total. The second-order valence-corrected chi connectivity index (χ2v) is 4.62. The quantitative estimate of drug-likeness (QED) is 0.621. The summed E-state index contributed by atoms with van der Waals surface area (Å²) in [5.41, 5.74) is 7.64. The first-order valence-electron chi connectivity index (χ1n) is 6.42. The minimum atomic E-state index is -0.261. The SMILES string of the molecule is Cc1cc(NCCCCn2ccnc2)c(N)cc1F. The Balaban J connectivity index is 1.75. The molecule has 1 aromatic heterocycles. The Morgan fingerprint density at radius 1 is 1.37 bits per heavy atom. The summed E-state index contributed by atoms with van der Waals surface area (Å²) >= 11 is 0. The molecule has 102 valence electrons. The lowest BCUT2D eigenvalue weighted by molar-refractivity contribution is 0.617. The van der Waals surface area contributed by atoms with Crippen LogP contribution in [0.3, 0.4) is 0 Å². The minimum Gasteiger partial charge on any atom is -0.397 e. The maximum Gasteiger partial charge on any atom is 0.128 e. The summed E-state index contributed by atoms with van der Waals surface area (Å²) in [7, 11) is 0. The van der Waals surface area contributed by atoms with Gasteiger partial charge in [-0.15, -0.1) is 0 Å². The van der Waals surface area contributed by atoms with Crippen molar-refractivity contribution in [3.63, 3.8) is 0 Å². The standard InChI is InChI=1S/C14H19FN4/c1-11-8-14(13(16)9-12(11)15)18-4-2-3-6-19-7-5-17-10-19/h5,7-10,18H,2-4,6,16H2,1H3. The van der Waals surface area contributed by atoms with Crippen LogP contribution in [0, 0.1) is 12.7 Å². The van der Waals surface area contributed by atoms with Crippen LogP contribution in [0.1, 0.15) is 18.4 Å². The van der Waals surface area contributed by atoms with Gasteiger partial charge in [0.15, 0.2) is 0 Å². The summed E-state index contributed by atoms with van der Waals surface area (Å²) in [4.78, 5) is 3.99. The van der Waals surface area contributed by atoms with Gasteiger partial charge in [0.1, 0.15) is 5.82 Å². The molecule has 0 spiro atoms. The van der Waals surface area contributed by atoms with Gasteiger partial charge in [-0.25, -0.2) is 9.37 Å². The largest absolute Gasteiger partial charge is 0.397 e. The minimum absolute atomic E-state index is 0.261. The summed E-state index contributed by atoms with van der Waals surface area (Å²) in [5, 5.41) is 3.24. The molecule has 19 heavy (non-hydrogen) atoms. The number of nitrogen functional groups attached to an aromatic ring is 1. The van der Waals surface area contributed by atoms with E-state index in [4.69, 9.17) is 5.73 Å². The molecule has 1 heterocycles. The first-order chi connectivity index (χ1) is 9.16. The van der Waals surface area contributed by atoms with Gasteiger partial charge in [0.25, 0.3) is 0 Å². The number of unbranched alkanes of at least 4 members (excludes halogenated alkanes) is 1. The van der Waals surface area contributed by atoms with Crippen LogP contribution in [0.25, 0.3) is 0 Å². The molecule has 0 fully saturated rings. The maximum atomic E-state index is 13.2. The monoisotopic (exact) mass is 262 g/mol. The third-order valence-corrected chi connectivity index (χ3v) is 3.05. The van der Waals surface area contributed by atoms with E-state index in [2.05, 4.69) is 14.9 Å². The topological polar surface area (TPSA) is 55.9 Å². The van der Waals surface area contributed by atoms with Crippen LogP contribution >= 0.6 is 0 Å². The highest BCUT2D eigenvalue weighted by Crippen LogP contribution is 2.22. The molecule has 2 aromatic rings. The van der Waals surface area contributed by atoms with Gasteiger partial charge in [0.05, 0.1) is 17.7 Å². The number of aromatic nitrogens is 2. The van der Waals surface area contributed by atoms with Gasteiger partial charge in [-0.1, -0.05) is 0 Å². The summed E-state index contributed by atoms with van der Waals surface area (Å²) in [5.74, 6) is -0.261. The lowest BCUT2D eigenvalue weighted by Gasteiger charge is -2.11. The van der Waals surface area contributed by atoms with Crippen molar-refractivity contribution in [2.75, 3.05) is 17.6 Å². The zero-order chi connectivity index (χ0) is 13.7. The van der Waals surface area contributed by atoms with Crippen molar-refractivity contribution in [2.45, 2.75) is 26.3 Å². The van der Waals surface area contributed by atoms with Crippen LogP contribution in [0.2, 0.25) is 0 Å². The predicted molar refractivity (Wildman–Crippen MR) is 75.5 cm³/mol. The first kappa shape index (κ1) is 13.4. The Hall–Kier alpha value is -2.04. The third-order valence-electron chi connectivity index (χ3n) is 3.05. The summed E-state index contributed by atoms with van der Waals surface area (Å²) in [6.45, 7) is 3.52. The Kier molecular flexibility index (Phi) is 4.39. The van der Waals surface area contributed by atoms with Gasteiger partial charge >= 0.3 is 0 Å². The Bertz CT molecular complexity index is 522. The molecule has 4 nitrogen and oxygen atoms in total. The summed E-state index contributed by atoms with van der Waals surface area (Å²) in [6, 6.07) is 3.11. The molecule has 0 aliphatic heterocycles. The average Bonchev–Trinajstić information content (AvgIpc) is 2.88. The van der Waals surface area contributed by atoms with Crippen LogP contribution in [0.4, 0.5) is 15.8 Å². The Morgan fingerprint density at radius 3 is 2.95 bits per heavy atom. The van der Waals surface area contributed by atoms with Gasteiger partial charge in [0.2, 0.25) is 0 Å². The zero-order valence-corrected chi connectivity index (χ0v) is 11.1. The second kappa shape index (κ2) is 6.22. The Morgan fingerprint density at radius 2 is 2.21 bits per heavy atom. The number of rotatable bonds is 6. The molecule has 0 atom stereocenters. The van der Waals surface area contributed by atoms with E-state index in [0.29, 0.717) is 11.3 Å². The van der Waals surface area contributed by atoms with Crippen LogP contribution in [0.15, 0.2) is 30.9 Å². The average molecular weight is 262 g/mol. The smallest absolute Gasteiger partial charge is 0.128 e. The van der Waals surface area contributed by atoms with Crippen molar-refractivity contribution in [3.05, 3.63) is 42.2 Å². The van der Waals surface area contributed by atoms with Gasteiger partial charge in [-0.2, -0.15) is 0 Å². The van der Waals surface area contributed by atoms with E-state index in [1.807, 2.05) is 12.5 Å². The highest BCUT2D eigenvalue weighted by atomic mass is 19.1. The van der Waals surface area contributed by atoms with E-state index >= 15 is 0 Å². The van der Waals surface area contributed by atoms with E-state index in [1.165, 1.54) is 6.07 Å². The van der Waals surface area contributed by atoms with Gasteiger partial charge < -0.3 is 15.6 Å². The third kappa shape index (κ3) is 3.71. The van der Waals surface area contributed by atoms with Crippen molar-refractivity contribution in [3.8, 4) is 0 Å². The van der Waals surface area contributed by atoms with Gasteiger partial charge in [-0.3, -0.25) is 0 Å². The van der Waals surface area contributed by atoms with E-state index in [0.717, 1.165) is 31.6 Å². The molecule has 0 aliphatic rings. The molecular formula is C14H19FN4. The fraction of sp³-hybridized carbons (Fsp3) is 0.357. The molecule has 0 aliphatic carbocycles. The number of hydrogen-bond acceptors (Lipinski definition) is 3. The first-order valence-corrected chi connectivity index (χ1v) is 6.42. The normalized spacial score (nSPS) is 10.6. The van der Waals surface area contributed by atoms with Crippen molar-refractivity contribution in [1.29, 1.82) is 0 Å². The van der Waals surface area contributed by atoms with Crippen molar-refractivity contribution in [2.24, 2.45) is 0 Å². The summed E-state index contributed by atoms with van der Waals surface area (Å²) < 4.78 is 15.3. The molecule has 0 bridgehead atoms. The van der Waals surface area contributed by atoms with Crippen LogP contribution in [-0.4, -0.2) is 16.1 Å². The molecule has 0 amide bonds. The molecule has 2 rings (SSSR count). The number of nitrogens with one attached hydrogen (secondary N) is 1. The van der Waals surface area contributed by atoms with Crippen LogP contribution < -0.4 is 11.1 Å². The summed E-state index contributed by atoms with van der Waals surface area (Å²) in [6.07, 6.45) is 7.63. The molecule has 0 unspecified atom stereocenters. The predicted octanol–water partition coefficient (Wildman–Crippen LogP) is 2.81. The zero-order valence-electron chi connectivity index (χ0n) is 11.1. The lowest BCUT2D eigenvalue weighted by Crippen LogP contribution is -2.06. The van der Waals surface area contributed by atoms with Crippen molar-refractivity contribution in [1.82, 2.24) is 9.55 Å². The van der Waals surface area contributed by atoms with Crippen molar-refractivity contribution >= 4 is 11.4 Å². The number of anilines is 2. The highest BCUT2D eigenvalue weighted by Gasteiger charge is 2.04. The molecule has 0 saturated carbocycles. The van der Waals surface area contributed by atoms with E-state index in [-0.39, 0.29) is 5.82 Å². The van der Waals surface area contributed by atoms with Gasteiger partial charge in [-0.05, 0) is 37.5 Å². The van der Waals surface area contributed by atoms with Crippen molar-refractivity contribution < 1.29 is 4.39 Å². The van der Waals surface area contributed by atoms with E-state index in [9.17, 15) is 4.39 Å². The number of hydrogen-bond donors (Lipinski definition) is 2. The number of benzene rings is 1. The van der Waals surface area contributed by atoms with Crippen LogP contribution in [-0.2, 0) is 6.54 Å². The number of nitrogens with two attached hydrogens (primary N) is 1. The number of nitrogens with zero attached hydrogens (tertiary/aromatic N) is 2. The fourth-order valence-corrected chi connectivity index (χ4v) is 1.91. The fourth-order valence-electron chi connectivity index (χ4n) is 1.91. The highest BCUT2D eigenvalue weighted by molar-refractivity contribution is 5.67. The Labute approximate surface area is 112 Å². The molecule has 1 aromatic carbocycles. The molecule has 0 radical (unpaired) electrons. The molecule has 5 heteroatoms. The van der Waals surface area contributed by atoms with Crippen LogP contribution in [0.5, 0.6) is 0 Å². The number of imidazole rings is 1. The number of aryl methyl sites for hydroxylation is 2. The molecular weight excluding hydrogens is 243 g/mol. The maximum absolute atomic E-state index is 13.2. The second-order valence-electron chi connectivity index (χ2n) is 4.62. The lowest BCUT2D eigenvalue weighted by atomic mass is 10.1. The van der Waals surface area contributed by atoms with E-state index in [1.54, 1.807) is 19.2 Å². The molecule has 0 saturated heterocycles. The number of halogens is 1. The van der Waals surface area contributed by atoms with Gasteiger partial charge in [0, 0.05) is 25.5 Å².